The molecule has 0 aromatic heterocycles. The first kappa shape index (κ1) is 25.8. The first-order valence-electron chi connectivity index (χ1n) is 13.1. The molecule has 0 unspecified atom stereocenters. The normalized spacial score (nSPS) is 14.9. The third kappa shape index (κ3) is 6.30. The van der Waals surface area contributed by atoms with Crippen LogP contribution in [0.3, 0.4) is 0 Å². The molecule has 1 N–H and O–H groups in total. The maximum atomic E-state index is 9.88. The fourth-order valence-corrected chi connectivity index (χ4v) is 5.31. The highest BCUT2D eigenvalue weighted by molar-refractivity contribution is 5.60. The van der Waals surface area contributed by atoms with Crippen molar-refractivity contribution in [1.82, 2.24) is 4.90 Å². The van der Waals surface area contributed by atoms with Crippen LogP contribution in [0.4, 0.5) is 5.69 Å². The van der Waals surface area contributed by atoms with Crippen molar-refractivity contribution in [2.75, 3.05) is 38.7 Å². The molecule has 0 fully saturated rings. The van der Waals surface area contributed by atoms with Crippen LogP contribution in [0.25, 0.3) is 0 Å². The number of phenols is 1. The number of rotatable bonds is 11. The van der Waals surface area contributed by atoms with Crippen LogP contribution in [0, 0.1) is 0 Å². The number of hydrogen-bond acceptors (Lipinski definition) is 4. The van der Waals surface area contributed by atoms with E-state index in [0.717, 1.165) is 57.6 Å². The molecule has 1 aliphatic rings. The molecule has 0 amide bonds. The summed E-state index contributed by atoms with van der Waals surface area (Å²) >= 11 is 0. The molecule has 0 radical (unpaired) electrons. The molecule has 0 spiro atoms. The summed E-state index contributed by atoms with van der Waals surface area (Å²) in [4.78, 5) is 4.76. The van der Waals surface area contributed by atoms with Crippen molar-refractivity contribution in [2.45, 2.75) is 45.1 Å². The number of aryl methyl sites for hydroxylation is 1. The molecule has 4 nitrogen and oxygen atoms in total. The van der Waals surface area contributed by atoms with Gasteiger partial charge >= 0.3 is 0 Å². The van der Waals surface area contributed by atoms with Gasteiger partial charge < -0.3 is 19.6 Å². The van der Waals surface area contributed by atoms with Gasteiger partial charge in [-0.15, -0.1) is 6.58 Å². The number of likely N-dealkylation sites (N-methyl/N-ethyl adjacent to an activating group) is 1. The molecule has 36 heavy (non-hydrogen) atoms. The minimum absolute atomic E-state index is 0.365. The Bertz CT molecular complexity index is 1160. The lowest BCUT2D eigenvalue weighted by Crippen LogP contribution is -2.25. The summed E-state index contributed by atoms with van der Waals surface area (Å²) in [6.07, 6.45) is 6.08. The molecule has 190 valence electrons. The number of phenolic OH excluding ortho intramolecular Hbond substituents is 1. The lowest BCUT2D eigenvalue weighted by molar-refractivity contribution is 0.375. The number of ether oxygens (including phenoxy) is 1. The van der Waals surface area contributed by atoms with Crippen LogP contribution < -0.4 is 9.64 Å². The van der Waals surface area contributed by atoms with E-state index in [4.69, 9.17) is 4.74 Å². The van der Waals surface area contributed by atoms with Crippen molar-refractivity contribution in [3.63, 3.8) is 0 Å². The largest absolute Gasteiger partial charge is 0.508 e. The van der Waals surface area contributed by atoms with Gasteiger partial charge in [0.1, 0.15) is 11.5 Å². The zero-order valence-electron chi connectivity index (χ0n) is 22.0. The number of anilines is 1. The predicted molar refractivity (Wildman–Crippen MR) is 150 cm³/mol. The van der Waals surface area contributed by atoms with E-state index in [9.17, 15) is 5.11 Å². The first-order chi connectivity index (χ1) is 17.5. The van der Waals surface area contributed by atoms with E-state index >= 15 is 0 Å². The van der Waals surface area contributed by atoms with Gasteiger partial charge in [-0.3, -0.25) is 0 Å². The van der Waals surface area contributed by atoms with Crippen molar-refractivity contribution in [1.29, 1.82) is 0 Å². The van der Waals surface area contributed by atoms with Crippen LogP contribution >= 0.6 is 0 Å². The van der Waals surface area contributed by atoms with Gasteiger partial charge in [-0.2, -0.15) is 0 Å². The predicted octanol–water partition coefficient (Wildman–Crippen LogP) is 6.36. The fourth-order valence-electron chi connectivity index (χ4n) is 5.31. The van der Waals surface area contributed by atoms with Crippen LogP contribution in [-0.4, -0.2) is 43.8 Å². The quantitative estimate of drug-likeness (QED) is 0.321. The molecular formula is C32H40N2O2. The summed E-state index contributed by atoms with van der Waals surface area (Å²) in [5.41, 5.74) is 7.97. The van der Waals surface area contributed by atoms with Crippen molar-refractivity contribution < 1.29 is 9.84 Å². The zero-order valence-corrected chi connectivity index (χ0v) is 22.0. The number of benzene rings is 3. The Balaban J connectivity index is 1.52. The van der Waals surface area contributed by atoms with Gasteiger partial charge in [0, 0.05) is 37.9 Å². The van der Waals surface area contributed by atoms with Crippen molar-refractivity contribution in [2.24, 2.45) is 0 Å². The highest BCUT2D eigenvalue weighted by Gasteiger charge is 2.24. The van der Waals surface area contributed by atoms with Gasteiger partial charge in [0.2, 0.25) is 0 Å². The summed E-state index contributed by atoms with van der Waals surface area (Å²) in [5, 5.41) is 9.88. The van der Waals surface area contributed by atoms with E-state index in [2.05, 4.69) is 78.9 Å². The highest BCUT2D eigenvalue weighted by Crippen LogP contribution is 2.40. The molecule has 3 aromatic carbocycles. The van der Waals surface area contributed by atoms with Crippen LogP contribution in [0.5, 0.6) is 11.5 Å². The lowest BCUT2D eigenvalue weighted by Gasteiger charge is -2.32. The zero-order chi connectivity index (χ0) is 25.5. The number of hydrogen-bond donors (Lipinski definition) is 1. The molecule has 0 heterocycles. The average molecular weight is 485 g/mol. The topological polar surface area (TPSA) is 35.9 Å². The third-order valence-electron chi connectivity index (χ3n) is 7.44. The second-order valence-electron chi connectivity index (χ2n) is 9.95. The Morgan fingerprint density at radius 1 is 1.03 bits per heavy atom. The molecule has 1 aliphatic carbocycles. The van der Waals surface area contributed by atoms with Gasteiger partial charge in [0.05, 0.1) is 7.11 Å². The van der Waals surface area contributed by atoms with E-state index < -0.39 is 0 Å². The van der Waals surface area contributed by atoms with Crippen LogP contribution in [0.15, 0.2) is 73.3 Å². The van der Waals surface area contributed by atoms with Crippen molar-refractivity contribution >= 4 is 5.69 Å². The highest BCUT2D eigenvalue weighted by atomic mass is 16.5. The second kappa shape index (κ2) is 12.1. The summed E-state index contributed by atoms with van der Waals surface area (Å²) < 4.78 is 5.63. The summed E-state index contributed by atoms with van der Waals surface area (Å²) in [7, 11) is 3.87. The Morgan fingerprint density at radius 3 is 2.53 bits per heavy atom. The molecule has 4 heteroatoms. The van der Waals surface area contributed by atoms with E-state index in [1.165, 1.54) is 33.5 Å². The molecule has 3 aromatic rings. The van der Waals surface area contributed by atoms with Crippen molar-refractivity contribution in [3.8, 4) is 11.5 Å². The van der Waals surface area contributed by atoms with Gasteiger partial charge in [0.15, 0.2) is 0 Å². The molecule has 0 aliphatic heterocycles. The number of aromatic hydroxyl groups is 1. The molecule has 1 atom stereocenters. The fraction of sp³-hybridized carbons (Fsp3) is 0.375. The van der Waals surface area contributed by atoms with Crippen LogP contribution in [-0.2, 0) is 25.8 Å². The van der Waals surface area contributed by atoms with Gasteiger partial charge in [-0.25, -0.2) is 0 Å². The number of fused-ring (bicyclic) bond motifs is 1. The van der Waals surface area contributed by atoms with E-state index in [-0.39, 0.29) is 0 Å². The summed E-state index contributed by atoms with van der Waals surface area (Å²) in [5.74, 6) is 1.71. The van der Waals surface area contributed by atoms with E-state index in [1.54, 1.807) is 7.11 Å². The van der Waals surface area contributed by atoms with Crippen LogP contribution in [0.1, 0.15) is 47.1 Å². The van der Waals surface area contributed by atoms with Gasteiger partial charge in [0.25, 0.3) is 0 Å². The molecular weight excluding hydrogens is 444 g/mol. The molecule has 0 saturated carbocycles. The van der Waals surface area contributed by atoms with Crippen LogP contribution in [0.2, 0.25) is 0 Å². The third-order valence-corrected chi connectivity index (χ3v) is 7.44. The smallest absolute Gasteiger partial charge is 0.120 e. The Morgan fingerprint density at radius 2 is 1.81 bits per heavy atom. The monoisotopic (exact) mass is 484 g/mol. The Hall–Kier alpha value is -3.24. The maximum Gasteiger partial charge on any atom is 0.120 e. The number of methoxy groups -OCH3 is 1. The first-order valence-corrected chi connectivity index (χ1v) is 13.1. The number of nitrogens with zero attached hydrogens (tertiary/aromatic N) is 2. The lowest BCUT2D eigenvalue weighted by atomic mass is 9.79. The Kier molecular flexibility index (Phi) is 8.71. The second-order valence-corrected chi connectivity index (χ2v) is 9.95. The summed E-state index contributed by atoms with van der Waals surface area (Å²) in [6, 6.07) is 21.5. The van der Waals surface area contributed by atoms with E-state index in [1.807, 2.05) is 18.2 Å². The molecule has 4 rings (SSSR count). The SMILES string of the molecule is C=CCN(C)CCc1ccc(CN(CC)c2cc(OC)ccc2[C@@H]2CCc3cc(O)ccc3C2)cc1. The molecule has 0 saturated heterocycles. The van der Waals surface area contributed by atoms with Gasteiger partial charge in [-0.1, -0.05) is 42.5 Å². The molecule has 0 bridgehead atoms. The van der Waals surface area contributed by atoms with Gasteiger partial charge in [-0.05, 0) is 91.6 Å². The average Bonchev–Trinajstić information content (AvgIpc) is 2.90. The van der Waals surface area contributed by atoms with Crippen molar-refractivity contribution in [3.05, 3.63) is 101 Å². The van der Waals surface area contributed by atoms with E-state index in [0.29, 0.717) is 11.7 Å². The Labute approximate surface area is 216 Å². The minimum atomic E-state index is 0.365. The minimum Gasteiger partial charge on any atom is -0.508 e. The standard InChI is InChI=1S/C32H40N2O2/c1-5-18-33(3)19-17-24-7-9-25(10-8-24)23-34(6-2)32-22-30(36-4)15-16-31(32)28-12-11-27-21-29(35)14-13-26(27)20-28/h5,7-10,13-16,21-22,28,35H,1,6,11-12,17-20,23H2,2-4H3/t28-/m1/s1. The maximum absolute atomic E-state index is 9.88. The summed E-state index contributed by atoms with van der Waals surface area (Å²) in [6.45, 7) is 9.79.